The second-order valence-electron chi connectivity index (χ2n) is 23.4. The van der Waals surface area contributed by atoms with Crippen molar-refractivity contribution >= 4 is 82.6 Å². The number of methoxy groups -OCH3 is 4. The smallest absolute Gasteiger partial charge is 0.241 e. The maximum Gasteiger partial charge on any atom is 0.241 e. The summed E-state index contributed by atoms with van der Waals surface area (Å²) in [5.41, 5.74) is 7.03. The first-order valence-electron chi connectivity index (χ1n) is 33.0. The van der Waals surface area contributed by atoms with Gasteiger partial charge < -0.3 is 33.6 Å². The molecule has 0 aliphatic heterocycles. The summed E-state index contributed by atoms with van der Waals surface area (Å²) in [5.74, 6) is 5.05. The largest absolute Gasteiger partial charge is 0.497 e. The van der Waals surface area contributed by atoms with Crippen molar-refractivity contribution in [2.75, 3.05) is 61.7 Å². The molecule has 25 heteroatoms. The average molecular weight is 1510 g/mol. The topological polar surface area (TPSA) is 236 Å². The zero-order valence-corrected chi connectivity index (χ0v) is 63.1. The molecule has 0 aliphatic rings. The molecule has 0 saturated carbocycles. The van der Waals surface area contributed by atoms with Gasteiger partial charge in [0.05, 0.1) is 56.1 Å². The summed E-state index contributed by atoms with van der Waals surface area (Å²) in [6.07, 6.45) is 10.9. The van der Waals surface area contributed by atoms with E-state index in [2.05, 4.69) is 27.0 Å². The molecule has 0 saturated heterocycles. The van der Waals surface area contributed by atoms with Crippen molar-refractivity contribution < 1.29 is 58.6 Å². The Bertz CT molecular complexity index is 4400. The van der Waals surface area contributed by atoms with Gasteiger partial charge >= 0.3 is 0 Å². The molecule has 3 amide bonds. The van der Waals surface area contributed by atoms with E-state index in [0.717, 1.165) is 63.8 Å². The molecule has 8 aromatic rings. The number of ether oxygens (including phenoxy) is 4. The lowest BCUT2D eigenvalue weighted by atomic mass is 10.1. The molecule has 8 rings (SSSR count). The lowest BCUT2D eigenvalue weighted by molar-refractivity contribution is -0.132. The molecule has 3 N–H and O–H groups in total. The van der Waals surface area contributed by atoms with Crippen LogP contribution in [-0.2, 0) is 96.3 Å². The zero-order chi connectivity index (χ0) is 74.2. The molecule has 544 valence electrons. The highest BCUT2D eigenvalue weighted by Gasteiger charge is 2.22. The number of nitrogens with one attached hydrogen (secondary N) is 3. The Morgan fingerprint density at radius 1 is 0.451 bits per heavy atom. The molecular formula is C77H89Cl3N6O13S3. The van der Waals surface area contributed by atoms with Gasteiger partial charge in [0.2, 0.25) is 47.8 Å². The van der Waals surface area contributed by atoms with Gasteiger partial charge in [-0.2, -0.15) is 4.72 Å². The number of halogens is 3. The van der Waals surface area contributed by atoms with Gasteiger partial charge in [0, 0.05) is 90.4 Å². The van der Waals surface area contributed by atoms with Crippen molar-refractivity contribution in [1.29, 1.82) is 0 Å². The summed E-state index contributed by atoms with van der Waals surface area (Å²) in [6.45, 7) is 6.56. The van der Waals surface area contributed by atoms with Crippen molar-refractivity contribution in [3.8, 4) is 35.3 Å². The van der Waals surface area contributed by atoms with Crippen molar-refractivity contribution in [3.63, 3.8) is 0 Å². The first kappa shape index (κ1) is 82.5. The summed E-state index contributed by atoms with van der Waals surface area (Å²) in [5, 5.41) is 1.73. The Hall–Kier alpha value is -8.47. The Morgan fingerprint density at radius 2 is 0.843 bits per heavy atom. The number of benzene rings is 8. The van der Waals surface area contributed by atoms with E-state index in [0.29, 0.717) is 109 Å². The van der Waals surface area contributed by atoms with E-state index >= 15 is 0 Å². The second kappa shape index (κ2) is 41.6. The molecule has 0 heterocycles. The lowest BCUT2D eigenvalue weighted by Crippen LogP contribution is -2.33. The van der Waals surface area contributed by atoms with Crippen molar-refractivity contribution in [2.24, 2.45) is 0 Å². The van der Waals surface area contributed by atoms with Crippen LogP contribution >= 0.6 is 34.8 Å². The minimum Gasteiger partial charge on any atom is -0.497 e. The number of sulfonamides is 3. The van der Waals surface area contributed by atoms with Gasteiger partial charge in [0.15, 0.2) is 0 Å². The van der Waals surface area contributed by atoms with E-state index < -0.39 is 30.1 Å². The third-order valence-corrected chi connectivity index (χ3v) is 21.3. The number of amides is 3. The van der Waals surface area contributed by atoms with Gasteiger partial charge in [-0.25, -0.2) is 34.7 Å². The van der Waals surface area contributed by atoms with Gasteiger partial charge in [-0.3, -0.25) is 14.4 Å². The van der Waals surface area contributed by atoms with Crippen LogP contribution < -0.4 is 33.1 Å². The third-order valence-electron chi connectivity index (χ3n) is 16.3. The molecule has 0 atom stereocenters. The van der Waals surface area contributed by atoms with Gasteiger partial charge in [0.1, 0.15) is 23.0 Å². The van der Waals surface area contributed by atoms with Crippen LogP contribution in [0, 0.1) is 12.3 Å². The molecule has 19 nitrogen and oxygen atoms in total. The number of hydrogen-bond donors (Lipinski definition) is 3. The van der Waals surface area contributed by atoms with Gasteiger partial charge in [-0.1, -0.05) is 146 Å². The molecule has 0 spiro atoms. The van der Waals surface area contributed by atoms with E-state index in [-0.39, 0.29) is 51.9 Å². The molecule has 102 heavy (non-hydrogen) atoms. The number of carbonyl (C=O) groups excluding carboxylic acids is 3. The molecular weight excluding hydrogens is 1420 g/mol. The number of unbranched alkanes of at least 4 members (excludes halogenated alkanes) is 2. The van der Waals surface area contributed by atoms with Crippen molar-refractivity contribution in [1.82, 2.24) is 28.9 Å². The van der Waals surface area contributed by atoms with E-state index in [9.17, 15) is 39.6 Å². The van der Waals surface area contributed by atoms with Crippen LogP contribution in [0.1, 0.15) is 90.5 Å². The summed E-state index contributed by atoms with van der Waals surface area (Å²) in [4.78, 5) is 44.6. The summed E-state index contributed by atoms with van der Waals surface area (Å²) in [6, 6.07) is 52.8. The van der Waals surface area contributed by atoms with Gasteiger partial charge in [-0.05, 0) is 164 Å². The van der Waals surface area contributed by atoms with Gasteiger partial charge in [-0.15, -0.1) is 6.42 Å². The molecule has 0 fully saturated rings. The fourth-order valence-electron chi connectivity index (χ4n) is 10.5. The molecule has 0 bridgehead atoms. The highest BCUT2D eigenvalue weighted by atomic mass is 35.5. The number of carbonyl (C=O) groups is 3. The molecule has 0 radical (unpaired) electrons. The predicted octanol–water partition coefficient (Wildman–Crippen LogP) is 13.3. The van der Waals surface area contributed by atoms with E-state index in [1.54, 1.807) is 166 Å². The maximum absolute atomic E-state index is 13.4. The third kappa shape index (κ3) is 26.4. The number of terminal acetylenes is 1. The Morgan fingerprint density at radius 3 is 1.23 bits per heavy atom. The first-order chi connectivity index (χ1) is 48.9. The lowest BCUT2D eigenvalue weighted by Gasteiger charge is -2.24. The van der Waals surface area contributed by atoms with Crippen LogP contribution in [0.5, 0.6) is 23.0 Å². The second-order valence-corrected chi connectivity index (χ2v) is 30.1. The normalized spacial score (nSPS) is 11.2. The Labute approximate surface area is 616 Å². The van der Waals surface area contributed by atoms with Crippen LogP contribution in [0.4, 0.5) is 0 Å². The summed E-state index contributed by atoms with van der Waals surface area (Å²) < 4.78 is 102. The predicted molar refractivity (Wildman–Crippen MR) is 403 cm³/mol. The number of hydrogen-bond acceptors (Lipinski definition) is 13. The highest BCUT2D eigenvalue weighted by Crippen LogP contribution is 2.29. The molecule has 0 aromatic heterocycles. The minimum atomic E-state index is -3.69. The highest BCUT2D eigenvalue weighted by molar-refractivity contribution is 7.90. The SMILES string of the molecule is C#CCNS(=O)(=O)c1ccc(CCN(Cc2cc(Cl)ccc2OC)C(=O)CCCCC)cc1.CCC(=O)N(CCc1ccc(S(=O)(=O)NC)cc1)Cc1cc(Cl)ccc1OC.COc1ccc(CNS(=O)(=O)c2ccc(CCN(Cc3cc(Cl)ccc3OC)C(=O)Cc3ccccc3)cc2)cc1. The van der Waals surface area contributed by atoms with Crippen molar-refractivity contribution in [3.05, 3.63) is 242 Å². The van der Waals surface area contributed by atoms with Crippen LogP contribution in [0.2, 0.25) is 15.1 Å². The number of rotatable bonds is 35. The van der Waals surface area contributed by atoms with E-state index in [1.165, 1.54) is 7.05 Å². The molecule has 0 unspecified atom stereocenters. The van der Waals surface area contributed by atoms with Crippen LogP contribution in [0.25, 0.3) is 0 Å². The van der Waals surface area contributed by atoms with E-state index in [4.69, 9.17) is 60.2 Å². The Kier molecular flexibility index (Phi) is 33.6. The minimum absolute atomic E-state index is 0.0245. The maximum atomic E-state index is 13.4. The first-order valence-corrected chi connectivity index (χ1v) is 38.6. The molecule has 0 aliphatic carbocycles. The fraction of sp³-hybridized carbons (Fsp3) is 0.312. The standard InChI is InChI=1S/C32H33ClN2O5S.C25H31ClN2O4S.C20H25ClN2O4S/c1-39-29-13-8-26(9-14-29)22-34-41(37,38)30-15-10-24(11-16-30)18-19-35(32(36)20-25-6-4-3-5-7-25)23-27-21-28(33)12-17-31(27)40-2;1-4-6-7-8-25(29)28(19-21-18-22(26)11-14-24(21)32-3)17-15-20-9-12-23(13-10-20)33(30,31)27-16-5-2;1-4-20(24)23(14-16-13-17(21)7-10-19(16)27-3)12-11-15-5-8-18(9-6-15)28(25,26)22-2/h3-17,21,34H,18-20,22-23H2,1-2H3;2,9-14,18,27H,4,6-8,15-17,19H2,1,3H3;5-10,13,22H,4,11-12,14H2,1-3H3. The summed E-state index contributed by atoms with van der Waals surface area (Å²) in [7, 11) is -3.06. The van der Waals surface area contributed by atoms with Gasteiger partial charge in [0.25, 0.3) is 0 Å². The zero-order valence-electron chi connectivity index (χ0n) is 58.4. The summed E-state index contributed by atoms with van der Waals surface area (Å²) >= 11 is 18.5. The average Bonchev–Trinajstić information content (AvgIpc) is 0.859. The number of nitrogens with zero attached hydrogens (tertiary/aromatic N) is 3. The monoisotopic (exact) mass is 1510 g/mol. The van der Waals surface area contributed by atoms with Crippen LogP contribution in [-0.4, -0.2) is 119 Å². The molecule has 8 aromatic carbocycles. The van der Waals surface area contributed by atoms with Crippen molar-refractivity contribution in [2.45, 2.75) is 113 Å². The Balaban J connectivity index is 0.000000245. The van der Waals surface area contributed by atoms with Crippen LogP contribution in [0.15, 0.2) is 197 Å². The van der Waals surface area contributed by atoms with Crippen LogP contribution in [0.3, 0.4) is 0 Å². The quantitative estimate of drug-likeness (QED) is 0.0248. The van der Waals surface area contributed by atoms with E-state index in [1.807, 2.05) is 66.4 Å². The fourth-order valence-corrected chi connectivity index (χ4v) is 13.8.